The monoisotopic (exact) mass is 296 g/mol. The normalized spacial score (nSPS) is 10.6. The highest BCUT2D eigenvalue weighted by Gasteiger charge is 2.11. The van der Waals surface area contributed by atoms with Crippen LogP contribution in [0.4, 0.5) is 17.1 Å². The van der Waals surface area contributed by atoms with Crippen LogP contribution < -0.4 is 11.1 Å². The molecule has 118 valence electrons. The van der Waals surface area contributed by atoms with E-state index < -0.39 is 0 Å². The molecule has 0 fully saturated rings. The first kappa shape index (κ1) is 16.4. The molecule has 2 aromatic rings. The summed E-state index contributed by atoms with van der Waals surface area (Å²) >= 11 is 0. The molecular weight excluding hydrogens is 268 g/mol. The maximum Gasteiger partial charge on any atom is 0.0421 e. The fourth-order valence-electron chi connectivity index (χ4n) is 2.79. The Morgan fingerprint density at radius 2 is 1.45 bits per heavy atom. The minimum atomic E-state index is 0.943. The minimum Gasteiger partial charge on any atom is -0.398 e. The van der Waals surface area contributed by atoms with Gasteiger partial charge in [-0.3, -0.25) is 0 Å². The molecule has 22 heavy (non-hydrogen) atoms. The molecule has 2 heteroatoms. The van der Waals surface area contributed by atoms with Crippen LogP contribution in [0.5, 0.6) is 0 Å². The van der Waals surface area contributed by atoms with Crippen LogP contribution in [0.25, 0.3) is 0 Å². The molecule has 0 saturated carbocycles. The topological polar surface area (TPSA) is 38.0 Å². The number of unbranched alkanes of at least 4 members (excludes halogenated alkanes) is 2. The summed E-state index contributed by atoms with van der Waals surface area (Å²) < 4.78 is 0. The van der Waals surface area contributed by atoms with E-state index in [1.54, 1.807) is 0 Å². The zero-order valence-electron chi connectivity index (χ0n) is 13.9. The molecule has 0 aliphatic carbocycles. The number of nitrogen functional groups attached to an aromatic ring is 1. The van der Waals surface area contributed by atoms with Crippen LogP contribution >= 0.6 is 0 Å². The van der Waals surface area contributed by atoms with Crippen LogP contribution in [0.3, 0.4) is 0 Å². The fourth-order valence-corrected chi connectivity index (χ4v) is 2.79. The van der Waals surface area contributed by atoms with Crippen molar-refractivity contribution in [2.24, 2.45) is 0 Å². The molecule has 0 spiro atoms. The lowest BCUT2D eigenvalue weighted by molar-refractivity contribution is 0.760. The van der Waals surface area contributed by atoms with E-state index in [4.69, 9.17) is 5.73 Å². The smallest absolute Gasteiger partial charge is 0.0421 e. The Hall–Kier alpha value is -1.96. The largest absolute Gasteiger partial charge is 0.398 e. The molecule has 0 radical (unpaired) electrons. The lowest BCUT2D eigenvalue weighted by atomic mass is 9.94. The molecule has 0 aliphatic rings. The Labute approximate surface area is 134 Å². The minimum absolute atomic E-state index is 0.943. The third kappa shape index (κ3) is 4.27. The van der Waals surface area contributed by atoms with Crippen LogP contribution in [0, 0.1) is 0 Å². The van der Waals surface area contributed by atoms with Crippen molar-refractivity contribution in [2.45, 2.75) is 52.4 Å². The first-order valence-electron chi connectivity index (χ1n) is 8.48. The quantitative estimate of drug-likeness (QED) is 0.613. The van der Waals surface area contributed by atoms with E-state index >= 15 is 0 Å². The predicted molar refractivity (Wildman–Crippen MR) is 97.8 cm³/mol. The van der Waals surface area contributed by atoms with Gasteiger partial charge in [-0.05, 0) is 61.1 Å². The second-order valence-corrected chi connectivity index (χ2v) is 5.86. The zero-order valence-corrected chi connectivity index (χ0v) is 13.9. The highest BCUT2D eigenvalue weighted by molar-refractivity contribution is 5.69. The highest BCUT2D eigenvalue weighted by atomic mass is 14.9. The number of hydrogen-bond donors (Lipinski definition) is 2. The average molecular weight is 296 g/mol. The summed E-state index contributed by atoms with van der Waals surface area (Å²) in [4.78, 5) is 0. The van der Waals surface area contributed by atoms with Crippen molar-refractivity contribution >= 4 is 17.1 Å². The summed E-state index contributed by atoms with van der Waals surface area (Å²) in [5.74, 6) is 0. The highest BCUT2D eigenvalue weighted by Crippen LogP contribution is 2.30. The number of benzene rings is 2. The van der Waals surface area contributed by atoms with Gasteiger partial charge in [0.15, 0.2) is 0 Å². The molecule has 0 saturated heterocycles. The van der Waals surface area contributed by atoms with E-state index in [1.165, 1.54) is 42.5 Å². The molecule has 2 aromatic carbocycles. The number of nitrogens with two attached hydrogens (primary N) is 1. The van der Waals surface area contributed by atoms with Gasteiger partial charge in [0.1, 0.15) is 0 Å². The summed E-state index contributed by atoms with van der Waals surface area (Å²) in [6, 6.07) is 14.5. The maximum absolute atomic E-state index is 6.27. The number of rotatable bonds is 8. The van der Waals surface area contributed by atoms with Crippen LogP contribution in [-0.4, -0.2) is 0 Å². The van der Waals surface area contributed by atoms with Crippen LogP contribution in [0.2, 0.25) is 0 Å². The van der Waals surface area contributed by atoms with Gasteiger partial charge in [-0.1, -0.05) is 44.9 Å². The molecule has 0 bridgehead atoms. The van der Waals surface area contributed by atoms with Gasteiger partial charge in [0.05, 0.1) is 0 Å². The van der Waals surface area contributed by atoms with E-state index in [1.807, 2.05) is 12.1 Å². The average Bonchev–Trinajstić information content (AvgIpc) is 2.55. The second kappa shape index (κ2) is 8.47. The Bertz CT molecular complexity index is 576. The first-order valence-corrected chi connectivity index (χ1v) is 8.48. The second-order valence-electron chi connectivity index (χ2n) is 5.86. The van der Waals surface area contributed by atoms with Crippen molar-refractivity contribution in [3.63, 3.8) is 0 Å². The summed E-state index contributed by atoms with van der Waals surface area (Å²) in [5.41, 5.74) is 12.3. The van der Waals surface area contributed by atoms with Crippen molar-refractivity contribution in [3.05, 3.63) is 53.6 Å². The molecule has 2 nitrogen and oxygen atoms in total. The Kier molecular flexibility index (Phi) is 6.32. The van der Waals surface area contributed by atoms with Crippen LogP contribution in [0.15, 0.2) is 42.5 Å². The molecule has 2 rings (SSSR count). The van der Waals surface area contributed by atoms with E-state index in [-0.39, 0.29) is 0 Å². The SMILES string of the molecule is CCCCc1c(N)ccc(Nc2ccccc2)c1CCCC. The van der Waals surface area contributed by atoms with Gasteiger partial charge in [-0.2, -0.15) is 0 Å². The fraction of sp³-hybridized carbons (Fsp3) is 0.400. The lowest BCUT2D eigenvalue weighted by Crippen LogP contribution is -2.05. The van der Waals surface area contributed by atoms with Gasteiger partial charge in [0.25, 0.3) is 0 Å². The van der Waals surface area contributed by atoms with Crippen LogP contribution in [-0.2, 0) is 12.8 Å². The number of anilines is 3. The summed E-state index contributed by atoms with van der Waals surface area (Å²) in [6.07, 6.45) is 6.96. The molecule has 0 atom stereocenters. The van der Waals surface area contributed by atoms with E-state index in [9.17, 15) is 0 Å². The third-order valence-electron chi connectivity index (χ3n) is 4.08. The molecule has 0 heterocycles. The standard InChI is InChI=1S/C20H28N2/c1-3-5-12-17-18(13-6-4-2)20(15-14-19(17)21)22-16-10-8-7-9-11-16/h7-11,14-15,22H,3-6,12-13,21H2,1-2H3. The van der Waals surface area contributed by atoms with E-state index in [0.29, 0.717) is 0 Å². The maximum atomic E-state index is 6.27. The van der Waals surface area contributed by atoms with Crippen molar-refractivity contribution in [1.82, 2.24) is 0 Å². The van der Waals surface area contributed by atoms with E-state index in [0.717, 1.165) is 24.2 Å². The number of nitrogens with one attached hydrogen (secondary N) is 1. The van der Waals surface area contributed by atoms with Crippen molar-refractivity contribution in [3.8, 4) is 0 Å². The molecule has 0 aromatic heterocycles. The number of para-hydroxylation sites is 1. The molecule has 3 N–H and O–H groups in total. The third-order valence-corrected chi connectivity index (χ3v) is 4.08. The van der Waals surface area contributed by atoms with Crippen molar-refractivity contribution < 1.29 is 0 Å². The van der Waals surface area contributed by atoms with Gasteiger partial charge < -0.3 is 11.1 Å². The van der Waals surface area contributed by atoms with Gasteiger partial charge in [0, 0.05) is 17.1 Å². The Morgan fingerprint density at radius 3 is 2.09 bits per heavy atom. The van der Waals surface area contributed by atoms with Gasteiger partial charge >= 0.3 is 0 Å². The van der Waals surface area contributed by atoms with Crippen molar-refractivity contribution in [2.75, 3.05) is 11.1 Å². The zero-order chi connectivity index (χ0) is 15.8. The molecular formula is C20H28N2. The van der Waals surface area contributed by atoms with Gasteiger partial charge in [-0.25, -0.2) is 0 Å². The predicted octanol–water partition coefficient (Wildman–Crippen LogP) is 5.70. The summed E-state index contributed by atoms with van der Waals surface area (Å²) in [5, 5.41) is 3.57. The first-order chi connectivity index (χ1) is 10.8. The molecule has 0 unspecified atom stereocenters. The Balaban J connectivity index is 2.34. The van der Waals surface area contributed by atoms with Gasteiger partial charge in [0.2, 0.25) is 0 Å². The Morgan fingerprint density at radius 1 is 0.818 bits per heavy atom. The number of hydrogen-bond acceptors (Lipinski definition) is 2. The summed E-state index contributed by atoms with van der Waals surface area (Å²) in [7, 11) is 0. The molecule has 0 amide bonds. The lowest BCUT2D eigenvalue weighted by Gasteiger charge is -2.18. The van der Waals surface area contributed by atoms with Crippen molar-refractivity contribution in [1.29, 1.82) is 0 Å². The molecule has 0 aliphatic heterocycles. The van der Waals surface area contributed by atoms with E-state index in [2.05, 4.69) is 49.5 Å². The van der Waals surface area contributed by atoms with Gasteiger partial charge in [-0.15, -0.1) is 0 Å². The van der Waals surface area contributed by atoms with Crippen LogP contribution in [0.1, 0.15) is 50.7 Å². The summed E-state index contributed by atoms with van der Waals surface area (Å²) in [6.45, 7) is 4.47.